The fourth-order valence-corrected chi connectivity index (χ4v) is 5.37. The Morgan fingerprint density at radius 1 is 1.34 bits per heavy atom. The van der Waals surface area contributed by atoms with Crippen molar-refractivity contribution in [2.45, 2.75) is 57.9 Å². The van der Waals surface area contributed by atoms with E-state index in [1.165, 1.54) is 7.11 Å². The molecule has 7 heteroatoms. The van der Waals surface area contributed by atoms with Crippen LogP contribution < -0.4 is 0 Å². The van der Waals surface area contributed by atoms with Gasteiger partial charge in [0.15, 0.2) is 0 Å². The Morgan fingerprint density at radius 3 is 2.83 bits per heavy atom. The van der Waals surface area contributed by atoms with E-state index in [1.54, 1.807) is 4.90 Å². The first kappa shape index (κ1) is 19.7. The maximum absolute atomic E-state index is 12.6. The molecule has 4 rings (SSSR count). The van der Waals surface area contributed by atoms with Gasteiger partial charge in [-0.25, -0.2) is 9.78 Å². The molecule has 0 saturated heterocycles. The summed E-state index contributed by atoms with van der Waals surface area (Å²) >= 11 is 0. The fraction of sp³-hybridized carbons (Fsp3) is 0.591. The van der Waals surface area contributed by atoms with Crippen molar-refractivity contribution in [2.75, 3.05) is 13.7 Å². The molecule has 1 aliphatic carbocycles. The maximum Gasteiger partial charge on any atom is 0.409 e. The van der Waals surface area contributed by atoms with Crippen LogP contribution in [0.4, 0.5) is 4.79 Å². The number of nitrogens with zero attached hydrogens (tertiary/aromatic N) is 2. The zero-order valence-corrected chi connectivity index (χ0v) is 17.3. The lowest BCUT2D eigenvalue weighted by atomic mass is 9.62. The molecule has 2 atom stereocenters. The second kappa shape index (κ2) is 7.35. The average Bonchev–Trinajstić information content (AvgIpc) is 3.17. The number of aromatic nitrogens is 2. The number of carbonyl (C=O) groups is 2. The van der Waals surface area contributed by atoms with Gasteiger partial charge in [0.1, 0.15) is 11.2 Å². The molecule has 0 radical (unpaired) electrons. The number of hydrogen-bond donors (Lipinski definition) is 2. The van der Waals surface area contributed by atoms with E-state index >= 15 is 0 Å². The van der Waals surface area contributed by atoms with E-state index in [2.05, 4.69) is 24.9 Å². The van der Waals surface area contributed by atoms with Crippen molar-refractivity contribution in [3.8, 4) is 0 Å². The van der Waals surface area contributed by atoms with Gasteiger partial charge in [-0.3, -0.25) is 4.79 Å². The number of carboxylic acid groups (broad SMARTS) is 1. The number of imidazole rings is 1. The van der Waals surface area contributed by atoms with Crippen molar-refractivity contribution in [1.82, 2.24) is 14.9 Å². The van der Waals surface area contributed by atoms with Crippen LogP contribution in [0.2, 0.25) is 0 Å². The molecule has 0 bridgehead atoms. The largest absolute Gasteiger partial charge is 0.480 e. The number of amides is 1. The summed E-state index contributed by atoms with van der Waals surface area (Å²) in [6, 6.07) is 4.05. The van der Waals surface area contributed by atoms with Crippen molar-refractivity contribution in [1.29, 1.82) is 0 Å². The van der Waals surface area contributed by atoms with Gasteiger partial charge in [-0.2, -0.15) is 0 Å². The number of aromatic amines is 1. The van der Waals surface area contributed by atoms with E-state index in [-0.39, 0.29) is 17.9 Å². The second-order valence-electron chi connectivity index (χ2n) is 8.70. The number of aliphatic carboxylic acids is 1. The van der Waals surface area contributed by atoms with E-state index in [0.717, 1.165) is 47.8 Å². The Balaban J connectivity index is 1.83. The first-order valence-corrected chi connectivity index (χ1v) is 10.5. The van der Waals surface area contributed by atoms with Crippen LogP contribution in [0.25, 0.3) is 11.0 Å². The summed E-state index contributed by atoms with van der Waals surface area (Å²) in [5, 5.41) is 10.3. The lowest BCUT2D eigenvalue weighted by Gasteiger charge is -2.41. The first-order chi connectivity index (χ1) is 13.9. The van der Waals surface area contributed by atoms with E-state index in [4.69, 9.17) is 9.72 Å². The molecule has 1 saturated carbocycles. The molecule has 156 valence electrons. The minimum absolute atomic E-state index is 0.0386. The van der Waals surface area contributed by atoms with Crippen molar-refractivity contribution in [2.24, 2.45) is 11.8 Å². The van der Waals surface area contributed by atoms with Crippen molar-refractivity contribution < 1.29 is 19.4 Å². The van der Waals surface area contributed by atoms with Crippen LogP contribution in [0.5, 0.6) is 0 Å². The van der Waals surface area contributed by atoms with Gasteiger partial charge in [0.05, 0.1) is 24.7 Å². The number of H-pyrrole nitrogens is 1. The Bertz CT molecular complexity index is 951. The number of methoxy groups -OCH3 is 1. The molecule has 1 aliphatic heterocycles. The Hall–Kier alpha value is -2.57. The van der Waals surface area contributed by atoms with E-state index in [9.17, 15) is 14.7 Å². The summed E-state index contributed by atoms with van der Waals surface area (Å²) in [6.45, 7) is 5.24. The zero-order chi connectivity index (χ0) is 20.8. The van der Waals surface area contributed by atoms with Crippen LogP contribution in [0.15, 0.2) is 12.1 Å². The molecule has 1 amide bonds. The van der Waals surface area contributed by atoms with E-state index < -0.39 is 11.4 Å². The molecule has 2 N–H and O–H groups in total. The van der Waals surface area contributed by atoms with Gasteiger partial charge in [0.2, 0.25) is 0 Å². The van der Waals surface area contributed by atoms with Crippen LogP contribution in [0, 0.1) is 11.8 Å². The third-order valence-corrected chi connectivity index (χ3v) is 6.87. The lowest BCUT2D eigenvalue weighted by Crippen LogP contribution is -2.48. The van der Waals surface area contributed by atoms with Gasteiger partial charge in [-0.15, -0.1) is 0 Å². The third kappa shape index (κ3) is 3.07. The minimum atomic E-state index is -0.991. The summed E-state index contributed by atoms with van der Waals surface area (Å²) < 4.78 is 4.89. The number of carbonyl (C=O) groups excluding carboxylic acids is 1. The third-order valence-electron chi connectivity index (χ3n) is 6.87. The molecular weight excluding hydrogens is 370 g/mol. The highest BCUT2D eigenvalue weighted by molar-refractivity contribution is 5.86. The van der Waals surface area contributed by atoms with Crippen molar-refractivity contribution in [3.63, 3.8) is 0 Å². The van der Waals surface area contributed by atoms with Crippen LogP contribution in [0.3, 0.4) is 0 Å². The predicted molar refractivity (Wildman–Crippen MR) is 109 cm³/mol. The van der Waals surface area contributed by atoms with Gasteiger partial charge in [0, 0.05) is 12.1 Å². The van der Waals surface area contributed by atoms with Crippen LogP contribution >= 0.6 is 0 Å². The quantitative estimate of drug-likeness (QED) is 0.817. The standard InChI is InChI=1S/C22H29N3O4/c1-13(2)16-6-4-5-10-22(16,20(26)27)19-23-17-8-7-14-9-11-25(21(28)29-3)12-15(14)18(17)24-19/h7-8,13,16H,4-6,9-12H2,1-3H3,(H,23,24)(H,26,27). The number of carboxylic acids is 1. The highest BCUT2D eigenvalue weighted by Crippen LogP contribution is 2.47. The molecule has 2 heterocycles. The number of rotatable bonds is 3. The maximum atomic E-state index is 12.6. The normalized spacial score (nSPS) is 24.6. The Kier molecular flexibility index (Phi) is 5.00. The molecule has 1 aromatic heterocycles. The summed E-state index contributed by atoms with van der Waals surface area (Å²) in [7, 11) is 1.39. The van der Waals surface area contributed by atoms with Gasteiger partial charge >= 0.3 is 12.1 Å². The number of fused-ring (bicyclic) bond motifs is 3. The molecule has 7 nitrogen and oxygen atoms in total. The lowest BCUT2D eigenvalue weighted by molar-refractivity contribution is -0.149. The smallest absolute Gasteiger partial charge is 0.409 e. The Morgan fingerprint density at radius 2 is 2.14 bits per heavy atom. The topological polar surface area (TPSA) is 95.5 Å². The van der Waals surface area contributed by atoms with Gasteiger partial charge in [-0.1, -0.05) is 32.8 Å². The Labute approximate surface area is 170 Å². The summed E-state index contributed by atoms with van der Waals surface area (Å²) in [6.07, 6.45) is 3.83. The first-order valence-electron chi connectivity index (χ1n) is 10.5. The van der Waals surface area contributed by atoms with E-state index in [0.29, 0.717) is 25.3 Å². The summed E-state index contributed by atoms with van der Waals surface area (Å²) in [4.78, 5) is 34.5. The van der Waals surface area contributed by atoms with Gasteiger partial charge in [0.25, 0.3) is 0 Å². The number of ether oxygens (including phenoxy) is 1. The molecule has 2 aromatic rings. The predicted octanol–water partition coefficient (Wildman–Crippen LogP) is 3.86. The van der Waals surface area contributed by atoms with Gasteiger partial charge < -0.3 is 19.7 Å². The summed E-state index contributed by atoms with van der Waals surface area (Å²) in [5.74, 6) is 0.0575. The number of hydrogen-bond acceptors (Lipinski definition) is 4. The van der Waals surface area contributed by atoms with Crippen LogP contribution in [0.1, 0.15) is 56.5 Å². The highest BCUT2D eigenvalue weighted by atomic mass is 16.5. The minimum Gasteiger partial charge on any atom is -0.480 e. The molecule has 0 spiro atoms. The molecule has 2 aliphatic rings. The SMILES string of the molecule is COC(=O)N1CCc2ccc3[nH]c(C4(C(=O)O)CCCCC4C(C)C)nc3c2C1. The number of benzene rings is 1. The summed E-state index contributed by atoms with van der Waals surface area (Å²) in [5.41, 5.74) is 2.76. The van der Waals surface area contributed by atoms with E-state index in [1.807, 2.05) is 6.07 Å². The highest BCUT2D eigenvalue weighted by Gasteiger charge is 2.52. The van der Waals surface area contributed by atoms with Crippen molar-refractivity contribution >= 4 is 23.1 Å². The van der Waals surface area contributed by atoms with Gasteiger partial charge in [-0.05, 0) is 42.7 Å². The van der Waals surface area contributed by atoms with Crippen LogP contribution in [-0.4, -0.2) is 45.7 Å². The number of nitrogens with one attached hydrogen (secondary N) is 1. The average molecular weight is 399 g/mol. The van der Waals surface area contributed by atoms with Crippen LogP contribution in [-0.2, 0) is 27.9 Å². The molecular formula is C22H29N3O4. The monoisotopic (exact) mass is 399 g/mol. The molecule has 1 aromatic carbocycles. The molecule has 1 fully saturated rings. The fourth-order valence-electron chi connectivity index (χ4n) is 5.37. The second-order valence-corrected chi connectivity index (χ2v) is 8.70. The molecule has 29 heavy (non-hydrogen) atoms. The zero-order valence-electron chi connectivity index (χ0n) is 17.3. The van der Waals surface area contributed by atoms with Crippen molar-refractivity contribution in [3.05, 3.63) is 29.1 Å². The molecule has 2 unspecified atom stereocenters.